The van der Waals surface area contributed by atoms with Crippen LogP contribution in [0.3, 0.4) is 0 Å². The van der Waals surface area contributed by atoms with E-state index in [2.05, 4.69) is 32.8 Å². The molecular formula is C15H17IN2O2S. The Hall–Kier alpha value is -1.12. The van der Waals surface area contributed by atoms with Gasteiger partial charge in [0.2, 0.25) is 0 Å². The molecule has 1 aromatic carbocycles. The van der Waals surface area contributed by atoms with Crippen LogP contribution < -0.4 is 10.1 Å². The summed E-state index contributed by atoms with van der Waals surface area (Å²) in [5, 5.41) is 4.73. The van der Waals surface area contributed by atoms with Gasteiger partial charge in [-0.2, -0.15) is 0 Å². The van der Waals surface area contributed by atoms with Crippen LogP contribution in [-0.4, -0.2) is 38.1 Å². The second kappa shape index (κ2) is 7.77. The minimum atomic E-state index is -0.0876. The summed E-state index contributed by atoms with van der Waals surface area (Å²) in [7, 11) is 4.02. The Morgan fingerprint density at radius 3 is 2.62 bits per heavy atom. The minimum absolute atomic E-state index is 0.0876. The maximum absolute atomic E-state index is 12.0. The van der Waals surface area contributed by atoms with E-state index in [-0.39, 0.29) is 5.91 Å². The first-order chi connectivity index (χ1) is 10.0. The molecule has 6 heteroatoms. The fourth-order valence-electron chi connectivity index (χ4n) is 1.61. The smallest absolute Gasteiger partial charge is 0.256 e. The molecule has 1 N–H and O–H groups in total. The molecular weight excluding hydrogens is 399 g/mol. The number of likely N-dealkylation sites (N-methyl/N-ethyl adjacent to an activating group) is 1. The van der Waals surface area contributed by atoms with E-state index in [0.717, 1.165) is 20.9 Å². The van der Waals surface area contributed by atoms with Gasteiger partial charge in [0.1, 0.15) is 12.4 Å². The summed E-state index contributed by atoms with van der Waals surface area (Å²) in [6.07, 6.45) is 0. The summed E-state index contributed by atoms with van der Waals surface area (Å²) in [5.74, 6) is 0.718. The number of halogens is 1. The van der Waals surface area contributed by atoms with Crippen molar-refractivity contribution in [1.82, 2.24) is 4.90 Å². The first kappa shape index (κ1) is 16.3. The predicted octanol–water partition coefficient (Wildman–Crippen LogP) is 3.55. The monoisotopic (exact) mass is 416 g/mol. The average Bonchev–Trinajstić information content (AvgIpc) is 2.87. The molecule has 4 nitrogen and oxygen atoms in total. The number of thiophene rings is 1. The fourth-order valence-corrected chi connectivity index (χ4v) is 2.94. The molecule has 0 unspecified atom stereocenters. The highest BCUT2D eigenvalue weighted by molar-refractivity contribution is 14.1. The summed E-state index contributed by atoms with van der Waals surface area (Å²) in [6, 6.07) is 9.30. The van der Waals surface area contributed by atoms with Crippen molar-refractivity contribution in [1.29, 1.82) is 0 Å². The maximum Gasteiger partial charge on any atom is 0.256 e. The van der Waals surface area contributed by atoms with Gasteiger partial charge in [0, 0.05) is 17.6 Å². The van der Waals surface area contributed by atoms with Gasteiger partial charge in [0.25, 0.3) is 5.91 Å². The molecule has 0 aliphatic rings. The van der Waals surface area contributed by atoms with E-state index < -0.39 is 0 Å². The average molecular weight is 416 g/mol. The lowest BCUT2D eigenvalue weighted by Gasteiger charge is -2.11. The highest BCUT2D eigenvalue weighted by Crippen LogP contribution is 2.19. The standard InChI is InChI=1S/C15H17IN2O2S/c1-18(2)7-8-20-13-5-3-12(4-6-13)17-15(19)11-9-14(16)21-10-11/h3-6,9-10H,7-8H2,1-2H3,(H,17,19). The van der Waals surface area contributed by atoms with Crippen molar-refractivity contribution < 1.29 is 9.53 Å². The Balaban J connectivity index is 1.88. The number of rotatable bonds is 6. The molecule has 0 saturated heterocycles. The molecule has 0 bridgehead atoms. The number of amides is 1. The van der Waals surface area contributed by atoms with Gasteiger partial charge in [-0.3, -0.25) is 4.79 Å². The van der Waals surface area contributed by atoms with Crippen LogP contribution in [0.15, 0.2) is 35.7 Å². The number of ether oxygens (including phenoxy) is 1. The second-order valence-electron chi connectivity index (χ2n) is 4.77. The maximum atomic E-state index is 12.0. The molecule has 0 radical (unpaired) electrons. The number of carbonyl (C=O) groups is 1. The summed E-state index contributed by atoms with van der Waals surface area (Å²) < 4.78 is 6.71. The lowest BCUT2D eigenvalue weighted by Crippen LogP contribution is -2.19. The van der Waals surface area contributed by atoms with E-state index >= 15 is 0 Å². The number of hydrogen-bond donors (Lipinski definition) is 1. The topological polar surface area (TPSA) is 41.6 Å². The largest absolute Gasteiger partial charge is 0.492 e. The third kappa shape index (κ3) is 5.29. The molecule has 0 spiro atoms. The Morgan fingerprint density at radius 2 is 2.05 bits per heavy atom. The highest BCUT2D eigenvalue weighted by Gasteiger charge is 2.08. The Kier molecular flexibility index (Phi) is 6.01. The number of nitrogens with one attached hydrogen (secondary N) is 1. The molecule has 1 amide bonds. The molecule has 1 aromatic heterocycles. The molecule has 1 heterocycles. The second-order valence-corrected chi connectivity index (χ2v) is 7.58. The predicted molar refractivity (Wildman–Crippen MR) is 95.5 cm³/mol. The van der Waals surface area contributed by atoms with Crippen molar-refractivity contribution in [2.75, 3.05) is 32.6 Å². The van der Waals surface area contributed by atoms with Gasteiger partial charge in [-0.05, 0) is 67.0 Å². The van der Waals surface area contributed by atoms with E-state index in [1.807, 2.05) is 49.8 Å². The summed E-state index contributed by atoms with van der Waals surface area (Å²) in [6.45, 7) is 1.52. The Morgan fingerprint density at radius 1 is 1.33 bits per heavy atom. The van der Waals surface area contributed by atoms with Gasteiger partial charge >= 0.3 is 0 Å². The van der Waals surface area contributed by atoms with Crippen molar-refractivity contribution in [3.05, 3.63) is 44.2 Å². The van der Waals surface area contributed by atoms with Crippen molar-refractivity contribution in [2.24, 2.45) is 0 Å². The molecule has 2 aromatic rings. The molecule has 21 heavy (non-hydrogen) atoms. The molecule has 2 rings (SSSR count). The summed E-state index contributed by atoms with van der Waals surface area (Å²) in [4.78, 5) is 14.1. The third-order valence-corrected chi connectivity index (χ3v) is 4.54. The number of benzene rings is 1. The van der Waals surface area contributed by atoms with Gasteiger partial charge in [-0.1, -0.05) is 0 Å². The van der Waals surface area contributed by atoms with Crippen molar-refractivity contribution in [3.63, 3.8) is 0 Å². The van der Waals surface area contributed by atoms with Crippen LogP contribution in [0.25, 0.3) is 0 Å². The normalized spacial score (nSPS) is 10.7. The summed E-state index contributed by atoms with van der Waals surface area (Å²) >= 11 is 3.76. The number of anilines is 1. The molecule has 0 saturated carbocycles. The molecule has 112 valence electrons. The van der Waals surface area contributed by atoms with Gasteiger partial charge in [-0.15, -0.1) is 11.3 Å². The molecule has 0 fully saturated rings. The van der Waals surface area contributed by atoms with Gasteiger partial charge in [-0.25, -0.2) is 0 Å². The first-order valence-corrected chi connectivity index (χ1v) is 8.43. The summed E-state index contributed by atoms with van der Waals surface area (Å²) in [5.41, 5.74) is 1.46. The van der Waals surface area contributed by atoms with Gasteiger partial charge in [0.05, 0.1) is 8.45 Å². The van der Waals surface area contributed by atoms with E-state index in [4.69, 9.17) is 4.74 Å². The van der Waals surface area contributed by atoms with E-state index in [1.165, 1.54) is 0 Å². The number of hydrogen-bond acceptors (Lipinski definition) is 4. The first-order valence-electron chi connectivity index (χ1n) is 6.47. The Bertz CT molecular complexity index is 596. The number of nitrogens with zero attached hydrogens (tertiary/aromatic N) is 1. The molecule has 0 aliphatic carbocycles. The van der Waals surface area contributed by atoms with Crippen LogP contribution in [-0.2, 0) is 0 Å². The van der Waals surface area contributed by atoms with Gasteiger partial charge in [0.15, 0.2) is 0 Å². The number of carbonyl (C=O) groups excluding carboxylic acids is 1. The lowest BCUT2D eigenvalue weighted by atomic mass is 10.2. The minimum Gasteiger partial charge on any atom is -0.492 e. The lowest BCUT2D eigenvalue weighted by molar-refractivity contribution is 0.102. The van der Waals surface area contributed by atoms with Crippen LogP contribution in [0.5, 0.6) is 5.75 Å². The SMILES string of the molecule is CN(C)CCOc1ccc(NC(=O)c2csc(I)c2)cc1. The van der Waals surface area contributed by atoms with Crippen LogP contribution in [0.1, 0.15) is 10.4 Å². The zero-order chi connectivity index (χ0) is 15.2. The van der Waals surface area contributed by atoms with Crippen molar-refractivity contribution in [2.45, 2.75) is 0 Å². The van der Waals surface area contributed by atoms with Gasteiger partial charge < -0.3 is 15.0 Å². The van der Waals surface area contributed by atoms with Crippen LogP contribution in [0.4, 0.5) is 5.69 Å². The van der Waals surface area contributed by atoms with Crippen molar-refractivity contribution in [3.8, 4) is 5.75 Å². The van der Waals surface area contributed by atoms with Crippen LogP contribution in [0.2, 0.25) is 0 Å². The zero-order valence-corrected chi connectivity index (χ0v) is 14.9. The Labute approximate surface area is 142 Å². The molecule has 0 aliphatic heterocycles. The molecule has 0 atom stereocenters. The van der Waals surface area contributed by atoms with Crippen molar-refractivity contribution >= 4 is 45.5 Å². The van der Waals surface area contributed by atoms with E-state index in [0.29, 0.717) is 12.2 Å². The quantitative estimate of drug-likeness (QED) is 0.733. The van der Waals surface area contributed by atoms with E-state index in [1.54, 1.807) is 11.3 Å². The van der Waals surface area contributed by atoms with Crippen LogP contribution >= 0.6 is 33.9 Å². The zero-order valence-electron chi connectivity index (χ0n) is 11.9. The van der Waals surface area contributed by atoms with E-state index in [9.17, 15) is 4.79 Å². The van der Waals surface area contributed by atoms with Crippen LogP contribution in [0, 0.1) is 2.88 Å². The fraction of sp³-hybridized carbons (Fsp3) is 0.267. The highest BCUT2D eigenvalue weighted by atomic mass is 127. The third-order valence-electron chi connectivity index (χ3n) is 2.75.